The fraction of sp³-hybridized carbons (Fsp3) is 0.357. The van der Waals surface area contributed by atoms with Crippen molar-refractivity contribution in [1.82, 2.24) is 0 Å². The van der Waals surface area contributed by atoms with Gasteiger partial charge in [-0.2, -0.15) is 0 Å². The van der Waals surface area contributed by atoms with E-state index in [0.29, 0.717) is 6.42 Å². The molecule has 1 aromatic carbocycles. The summed E-state index contributed by atoms with van der Waals surface area (Å²) in [6, 6.07) is 8.00. The monoisotopic (exact) mass is 262 g/mol. The van der Waals surface area contributed by atoms with Crippen LogP contribution in [0.2, 0.25) is 0 Å². The van der Waals surface area contributed by atoms with Gasteiger partial charge in [0.15, 0.2) is 0 Å². The summed E-state index contributed by atoms with van der Waals surface area (Å²) in [6.45, 7) is 3.67. The third-order valence-corrected chi connectivity index (χ3v) is 4.29. The number of primary amides is 1. The van der Waals surface area contributed by atoms with E-state index in [1.165, 1.54) is 10.1 Å². The molecule has 0 bridgehead atoms. The SMILES string of the molecule is CC(C)(CC(N)c1csc2ccccc12)C(N)=O. The number of rotatable bonds is 4. The van der Waals surface area contributed by atoms with E-state index < -0.39 is 5.41 Å². The van der Waals surface area contributed by atoms with Gasteiger partial charge in [0.1, 0.15) is 0 Å². The van der Waals surface area contributed by atoms with Crippen LogP contribution in [0.15, 0.2) is 29.6 Å². The molecule has 0 fully saturated rings. The Hall–Kier alpha value is -1.39. The first-order chi connectivity index (χ1) is 8.42. The van der Waals surface area contributed by atoms with E-state index in [2.05, 4.69) is 17.5 Å². The molecule has 0 spiro atoms. The molecular formula is C14H18N2OS. The molecule has 1 amide bonds. The Balaban J connectivity index is 2.29. The van der Waals surface area contributed by atoms with Gasteiger partial charge in [0, 0.05) is 16.2 Å². The van der Waals surface area contributed by atoms with Gasteiger partial charge in [-0.15, -0.1) is 11.3 Å². The Morgan fingerprint density at radius 1 is 1.39 bits per heavy atom. The molecule has 0 radical (unpaired) electrons. The molecule has 0 aliphatic carbocycles. The fourth-order valence-corrected chi connectivity index (χ4v) is 3.07. The van der Waals surface area contributed by atoms with Crippen LogP contribution in [0.25, 0.3) is 10.1 Å². The van der Waals surface area contributed by atoms with Crippen LogP contribution in [0, 0.1) is 5.41 Å². The third kappa shape index (κ3) is 2.40. The number of carbonyl (C=O) groups is 1. The standard InChI is InChI=1S/C14H18N2OS/c1-14(2,13(16)17)7-11(15)10-8-18-12-6-4-3-5-9(10)12/h3-6,8,11H,7,15H2,1-2H3,(H2,16,17). The molecule has 1 unspecified atom stereocenters. The van der Waals surface area contributed by atoms with Gasteiger partial charge in [-0.3, -0.25) is 4.79 Å². The van der Waals surface area contributed by atoms with Crippen LogP contribution in [0.5, 0.6) is 0 Å². The second-order valence-corrected chi connectivity index (χ2v) is 6.16. The van der Waals surface area contributed by atoms with Crippen molar-refractivity contribution < 1.29 is 4.79 Å². The molecule has 0 aliphatic heterocycles. The summed E-state index contributed by atoms with van der Waals surface area (Å²) in [7, 11) is 0. The topological polar surface area (TPSA) is 69.1 Å². The fourth-order valence-electron chi connectivity index (χ4n) is 2.05. The predicted molar refractivity (Wildman–Crippen MR) is 76.3 cm³/mol. The Bertz CT molecular complexity index is 574. The summed E-state index contributed by atoms with van der Waals surface area (Å²) >= 11 is 1.68. The summed E-state index contributed by atoms with van der Waals surface area (Å²) < 4.78 is 1.22. The third-order valence-electron chi connectivity index (χ3n) is 3.31. The number of hydrogen-bond donors (Lipinski definition) is 2. The number of fused-ring (bicyclic) bond motifs is 1. The number of benzene rings is 1. The minimum atomic E-state index is -0.581. The van der Waals surface area contributed by atoms with Crippen molar-refractivity contribution in [2.75, 3.05) is 0 Å². The maximum Gasteiger partial charge on any atom is 0.223 e. The maximum atomic E-state index is 11.4. The molecule has 4 N–H and O–H groups in total. The summed E-state index contributed by atoms with van der Waals surface area (Å²) in [5.41, 5.74) is 12.1. The smallest absolute Gasteiger partial charge is 0.223 e. The molecule has 2 aromatic rings. The predicted octanol–water partition coefficient (Wildman–Crippen LogP) is 2.80. The largest absolute Gasteiger partial charge is 0.369 e. The van der Waals surface area contributed by atoms with Crippen molar-refractivity contribution in [3.05, 3.63) is 35.2 Å². The highest BCUT2D eigenvalue weighted by Crippen LogP contribution is 2.34. The number of nitrogens with two attached hydrogens (primary N) is 2. The lowest BCUT2D eigenvalue weighted by Gasteiger charge is -2.24. The molecular weight excluding hydrogens is 244 g/mol. The Morgan fingerprint density at radius 2 is 2.06 bits per heavy atom. The molecule has 0 saturated heterocycles. The van der Waals surface area contributed by atoms with Gasteiger partial charge in [-0.05, 0) is 28.8 Å². The first kappa shape index (κ1) is 13.1. The second-order valence-electron chi connectivity index (χ2n) is 5.25. The van der Waals surface area contributed by atoms with Crippen molar-refractivity contribution in [1.29, 1.82) is 0 Å². The lowest BCUT2D eigenvalue weighted by molar-refractivity contribution is -0.126. The van der Waals surface area contributed by atoms with Crippen molar-refractivity contribution >= 4 is 27.3 Å². The Kier molecular flexibility index (Phi) is 3.41. The van der Waals surface area contributed by atoms with Crippen molar-refractivity contribution in [2.45, 2.75) is 26.3 Å². The summed E-state index contributed by atoms with van der Waals surface area (Å²) in [6.07, 6.45) is 0.559. The summed E-state index contributed by atoms with van der Waals surface area (Å²) in [4.78, 5) is 11.4. The molecule has 0 saturated carbocycles. The second kappa shape index (κ2) is 4.71. The molecule has 4 heteroatoms. The van der Waals surface area contributed by atoms with Gasteiger partial charge in [-0.25, -0.2) is 0 Å². The van der Waals surface area contributed by atoms with Crippen LogP contribution in [-0.2, 0) is 4.79 Å². The van der Waals surface area contributed by atoms with Crippen molar-refractivity contribution in [3.8, 4) is 0 Å². The molecule has 1 aromatic heterocycles. The molecule has 18 heavy (non-hydrogen) atoms. The van der Waals surface area contributed by atoms with Gasteiger partial charge in [0.05, 0.1) is 0 Å². The zero-order chi connectivity index (χ0) is 13.3. The van der Waals surface area contributed by atoms with Crippen LogP contribution in [0.4, 0.5) is 0 Å². The van der Waals surface area contributed by atoms with Crippen molar-refractivity contribution in [3.63, 3.8) is 0 Å². The zero-order valence-electron chi connectivity index (χ0n) is 10.6. The molecule has 96 valence electrons. The quantitative estimate of drug-likeness (QED) is 0.889. The van der Waals surface area contributed by atoms with E-state index in [0.717, 1.165) is 5.56 Å². The minimum absolute atomic E-state index is 0.163. The van der Waals surface area contributed by atoms with Gasteiger partial charge >= 0.3 is 0 Å². The molecule has 1 heterocycles. The number of thiophene rings is 1. The van der Waals surface area contributed by atoms with Gasteiger partial charge in [-0.1, -0.05) is 32.0 Å². The number of carbonyl (C=O) groups excluding carboxylic acids is 1. The van der Waals surface area contributed by atoms with Crippen LogP contribution in [0.3, 0.4) is 0 Å². The lowest BCUT2D eigenvalue weighted by Crippen LogP contribution is -2.34. The summed E-state index contributed by atoms with van der Waals surface area (Å²) in [5.74, 6) is -0.308. The number of amides is 1. The highest BCUT2D eigenvalue weighted by atomic mass is 32.1. The van der Waals surface area contributed by atoms with Gasteiger partial charge in [0.2, 0.25) is 5.91 Å². The normalized spacial score (nSPS) is 13.7. The molecule has 2 rings (SSSR count). The van der Waals surface area contributed by atoms with Crippen LogP contribution >= 0.6 is 11.3 Å². The number of hydrogen-bond acceptors (Lipinski definition) is 3. The van der Waals surface area contributed by atoms with Crippen molar-refractivity contribution in [2.24, 2.45) is 16.9 Å². The first-order valence-corrected chi connectivity index (χ1v) is 6.81. The first-order valence-electron chi connectivity index (χ1n) is 5.93. The highest BCUT2D eigenvalue weighted by molar-refractivity contribution is 7.17. The summed E-state index contributed by atoms with van der Waals surface area (Å²) in [5, 5.41) is 3.25. The van der Waals surface area contributed by atoms with E-state index in [1.54, 1.807) is 11.3 Å². The molecule has 1 atom stereocenters. The highest BCUT2D eigenvalue weighted by Gasteiger charge is 2.28. The van der Waals surface area contributed by atoms with E-state index in [9.17, 15) is 4.79 Å². The van der Waals surface area contributed by atoms with Crippen LogP contribution < -0.4 is 11.5 Å². The maximum absolute atomic E-state index is 11.4. The van der Waals surface area contributed by atoms with E-state index in [-0.39, 0.29) is 11.9 Å². The van der Waals surface area contributed by atoms with Gasteiger partial charge in [0.25, 0.3) is 0 Å². The average Bonchev–Trinajstić information content (AvgIpc) is 2.71. The Morgan fingerprint density at radius 3 is 2.72 bits per heavy atom. The molecule has 3 nitrogen and oxygen atoms in total. The zero-order valence-corrected chi connectivity index (χ0v) is 11.5. The Labute approximate surface area is 111 Å². The minimum Gasteiger partial charge on any atom is -0.369 e. The molecule has 0 aliphatic rings. The van der Waals surface area contributed by atoms with E-state index >= 15 is 0 Å². The average molecular weight is 262 g/mol. The van der Waals surface area contributed by atoms with Gasteiger partial charge < -0.3 is 11.5 Å². The van der Waals surface area contributed by atoms with Crippen LogP contribution in [-0.4, -0.2) is 5.91 Å². The van der Waals surface area contributed by atoms with E-state index in [4.69, 9.17) is 11.5 Å². The van der Waals surface area contributed by atoms with Crippen LogP contribution in [0.1, 0.15) is 31.9 Å². The lowest BCUT2D eigenvalue weighted by atomic mass is 9.83. The van der Waals surface area contributed by atoms with E-state index in [1.807, 2.05) is 26.0 Å².